The molecule has 1 aromatic heterocycles. The number of aromatic nitrogens is 2. The van der Waals surface area contributed by atoms with E-state index in [4.69, 9.17) is 10.8 Å². The molecule has 80 valence electrons. The Kier molecular flexibility index (Phi) is 2.46. The number of fused-ring (bicyclic) bond motifs is 1. The van der Waals surface area contributed by atoms with Crippen molar-refractivity contribution in [1.29, 1.82) is 0 Å². The summed E-state index contributed by atoms with van der Waals surface area (Å²) in [6, 6.07) is 5.53. The first kappa shape index (κ1) is 10.1. The maximum atomic E-state index is 8.97. The van der Waals surface area contributed by atoms with Gasteiger partial charge in [0, 0.05) is 7.05 Å². The van der Waals surface area contributed by atoms with E-state index < -0.39 is 0 Å². The highest BCUT2D eigenvalue weighted by Crippen LogP contribution is 2.19. The van der Waals surface area contributed by atoms with E-state index in [0.717, 1.165) is 22.4 Å². The van der Waals surface area contributed by atoms with Crippen LogP contribution in [-0.4, -0.2) is 21.3 Å². The number of nitrogens with zero attached hydrogens (tertiary/aromatic N) is 2. The summed E-state index contributed by atoms with van der Waals surface area (Å²) in [6.45, 7) is 1.92. The van der Waals surface area contributed by atoms with E-state index in [1.54, 1.807) is 0 Å². The summed E-state index contributed by atoms with van der Waals surface area (Å²) < 4.78 is 2.03. The zero-order valence-corrected chi connectivity index (χ0v) is 8.94. The Morgan fingerprint density at radius 2 is 2.27 bits per heavy atom. The maximum absolute atomic E-state index is 8.97. The topological polar surface area (TPSA) is 64.1 Å². The maximum Gasteiger partial charge on any atom is 0.106 e. The van der Waals surface area contributed by atoms with Crippen molar-refractivity contribution >= 4 is 11.0 Å². The number of hydrogen-bond acceptors (Lipinski definition) is 3. The molecule has 0 radical (unpaired) electrons. The van der Waals surface area contributed by atoms with Crippen LogP contribution in [0.4, 0.5) is 0 Å². The molecule has 0 bridgehead atoms. The van der Waals surface area contributed by atoms with Crippen LogP contribution in [0.5, 0.6) is 0 Å². The van der Waals surface area contributed by atoms with Crippen LogP contribution in [-0.2, 0) is 7.05 Å². The zero-order valence-electron chi connectivity index (χ0n) is 8.94. The minimum absolute atomic E-state index is 0.0443. The van der Waals surface area contributed by atoms with Crippen LogP contribution in [0.25, 0.3) is 11.0 Å². The van der Waals surface area contributed by atoms with E-state index in [0.29, 0.717) is 0 Å². The summed E-state index contributed by atoms with van der Waals surface area (Å²) in [6.07, 6.45) is 0. The molecule has 0 spiro atoms. The molecule has 15 heavy (non-hydrogen) atoms. The lowest BCUT2D eigenvalue weighted by atomic mass is 10.1. The Labute approximate surface area is 88.3 Å². The molecule has 0 saturated heterocycles. The Hall–Kier alpha value is -1.39. The van der Waals surface area contributed by atoms with E-state index in [9.17, 15) is 0 Å². The van der Waals surface area contributed by atoms with Crippen molar-refractivity contribution in [2.45, 2.75) is 13.0 Å². The molecule has 3 N–H and O–H groups in total. The summed E-state index contributed by atoms with van der Waals surface area (Å²) in [5, 5.41) is 8.97. The second-order valence-electron chi connectivity index (χ2n) is 3.76. The fourth-order valence-electron chi connectivity index (χ4n) is 1.67. The molecular weight excluding hydrogens is 190 g/mol. The third-order valence-electron chi connectivity index (χ3n) is 2.75. The highest BCUT2D eigenvalue weighted by atomic mass is 16.3. The van der Waals surface area contributed by atoms with Crippen LogP contribution in [0.1, 0.15) is 17.4 Å². The van der Waals surface area contributed by atoms with Gasteiger partial charge < -0.3 is 15.4 Å². The van der Waals surface area contributed by atoms with Gasteiger partial charge in [-0.3, -0.25) is 0 Å². The monoisotopic (exact) mass is 205 g/mol. The van der Waals surface area contributed by atoms with Gasteiger partial charge in [-0.05, 0) is 24.6 Å². The number of hydrogen-bond donors (Lipinski definition) is 2. The molecule has 4 heteroatoms. The highest BCUT2D eigenvalue weighted by Gasteiger charge is 2.08. The summed E-state index contributed by atoms with van der Waals surface area (Å²) in [7, 11) is 1.98. The van der Waals surface area contributed by atoms with E-state index in [2.05, 4.69) is 4.98 Å². The molecule has 1 unspecified atom stereocenters. The van der Waals surface area contributed by atoms with E-state index in [1.165, 1.54) is 0 Å². The Morgan fingerprint density at radius 1 is 1.53 bits per heavy atom. The number of benzene rings is 1. The molecule has 0 aliphatic rings. The number of nitrogens with two attached hydrogens (primary N) is 1. The number of aliphatic hydroxyl groups is 1. The minimum Gasteiger partial charge on any atom is -0.394 e. The van der Waals surface area contributed by atoms with Crippen molar-refractivity contribution in [3.63, 3.8) is 0 Å². The molecule has 1 heterocycles. The van der Waals surface area contributed by atoms with Gasteiger partial charge in [-0.1, -0.05) is 6.07 Å². The SMILES string of the molecule is Cc1nc2cc(C(N)CO)ccc2n1C. The molecule has 2 rings (SSSR count). The zero-order chi connectivity index (χ0) is 11.0. The van der Waals surface area contributed by atoms with Crippen LogP contribution in [0, 0.1) is 6.92 Å². The summed E-state index contributed by atoms with van der Waals surface area (Å²) in [5.74, 6) is 0.972. The van der Waals surface area contributed by atoms with Gasteiger partial charge in [0.05, 0.1) is 23.7 Å². The molecular formula is C11H15N3O. The van der Waals surface area contributed by atoms with Crippen LogP contribution >= 0.6 is 0 Å². The highest BCUT2D eigenvalue weighted by molar-refractivity contribution is 5.76. The van der Waals surface area contributed by atoms with Crippen molar-refractivity contribution in [1.82, 2.24) is 9.55 Å². The van der Waals surface area contributed by atoms with Crippen LogP contribution < -0.4 is 5.73 Å². The lowest BCUT2D eigenvalue weighted by Gasteiger charge is -2.07. The van der Waals surface area contributed by atoms with Gasteiger partial charge in [0.25, 0.3) is 0 Å². The van der Waals surface area contributed by atoms with Gasteiger partial charge in [-0.2, -0.15) is 0 Å². The number of rotatable bonds is 2. The predicted molar refractivity (Wildman–Crippen MR) is 59.5 cm³/mol. The third-order valence-corrected chi connectivity index (χ3v) is 2.75. The standard InChI is InChI=1S/C11H15N3O/c1-7-13-10-5-8(9(12)6-15)3-4-11(10)14(7)2/h3-5,9,15H,6,12H2,1-2H3. The molecule has 0 aliphatic carbocycles. The van der Waals surface area contributed by atoms with Gasteiger partial charge in [-0.25, -0.2) is 4.98 Å². The summed E-state index contributed by atoms with van der Waals surface area (Å²) >= 11 is 0. The second kappa shape index (κ2) is 3.64. The molecule has 1 atom stereocenters. The Morgan fingerprint density at radius 3 is 2.93 bits per heavy atom. The Bertz CT molecular complexity index is 490. The smallest absolute Gasteiger partial charge is 0.106 e. The lowest BCUT2D eigenvalue weighted by Crippen LogP contribution is -2.14. The fraction of sp³-hybridized carbons (Fsp3) is 0.364. The molecule has 0 fully saturated rings. The largest absolute Gasteiger partial charge is 0.394 e. The van der Waals surface area contributed by atoms with Gasteiger partial charge in [-0.15, -0.1) is 0 Å². The number of aryl methyl sites for hydroxylation is 2. The molecule has 4 nitrogen and oxygen atoms in total. The van der Waals surface area contributed by atoms with Gasteiger partial charge in [0.2, 0.25) is 0 Å². The molecule has 0 aliphatic heterocycles. The van der Waals surface area contributed by atoms with Crippen molar-refractivity contribution in [3.05, 3.63) is 29.6 Å². The lowest BCUT2D eigenvalue weighted by molar-refractivity contribution is 0.268. The average molecular weight is 205 g/mol. The normalized spacial score (nSPS) is 13.3. The average Bonchev–Trinajstić information content (AvgIpc) is 2.53. The number of imidazole rings is 1. The van der Waals surface area contributed by atoms with E-state index in [1.807, 2.05) is 36.7 Å². The van der Waals surface area contributed by atoms with E-state index in [-0.39, 0.29) is 12.6 Å². The minimum atomic E-state index is -0.322. The summed E-state index contributed by atoms with van der Waals surface area (Å²) in [4.78, 5) is 4.42. The van der Waals surface area contributed by atoms with Crippen molar-refractivity contribution in [2.75, 3.05) is 6.61 Å². The molecule has 0 saturated carbocycles. The Balaban J connectivity index is 2.57. The van der Waals surface area contributed by atoms with Crippen molar-refractivity contribution < 1.29 is 5.11 Å². The number of aliphatic hydroxyl groups excluding tert-OH is 1. The van der Waals surface area contributed by atoms with Gasteiger partial charge >= 0.3 is 0 Å². The quantitative estimate of drug-likeness (QED) is 0.764. The first-order chi connectivity index (χ1) is 7.13. The van der Waals surface area contributed by atoms with Crippen molar-refractivity contribution in [3.8, 4) is 0 Å². The predicted octanol–water partition coefficient (Wildman–Crippen LogP) is 0.874. The summed E-state index contributed by atoms with van der Waals surface area (Å²) in [5.41, 5.74) is 8.68. The third kappa shape index (κ3) is 1.62. The molecule has 2 aromatic rings. The van der Waals surface area contributed by atoms with Gasteiger partial charge in [0.15, 0.2) is 0 Å². The van der Waals surface area contributed by atoms with Crippen molar-refractivity contribution in [2.24, 2.45) is 12.8 Å². The van der Waals surface area contributed by atoms with Gasteiger partial charge in [0.1, 0.15) is 5.82 Å². The molecule has 1 aromatic carbocycles. The van der Waals surface area contributed by atoms with Crippen LogP contribution in [0.2, 0.25) is 0 Å². The molecule has 0 amide bonds. The fourth-order valence-corrected chi connectivity index (χ4v) is 1.67. The van der Waals surface area contributed by atoms with Crippen LogP contribution in [0.15, 0.2) is 18.2 Å². The second-order valence-corrected chi connectivity index (χ2v) is 3.76. The van der Waals surface area contributed by atoms with Crippen LogP contribution in [0.3, 0.4) is 0 Å². The first-order valence-electron chi connectivity index (χ1n) is 4.93. The van der Waals surface area contributed by atoms with E-state index >= 15 is 0 Å². The first-order valence-corrected chi connectivity index (χ1v) is 4.93.